The molecule has 0 radical (unpaired) electrons. The molecule has 1 heterocycles. The average Bonchev–Trinajstić information content (AvgIpc) is 2.55. The van der Waals surface area contributed by atoms with Gasteiger partial charge >= 0.3 is 0 Å². The summed E-state index contributed by atoms with van der Waals surface area (Å²) in [6, 6.07) is 19.0. The topological polar surface area (TPSA) is 18.5 Å². The molecular weight excluding hydrogens is 248 g/mol. The molecule has 3 rings (SSSR count). The minimum atomic E-state index is -0.0162. The van der Waals surface area contributed by atoms with Crippen LogP contribution >= 0.6 is 0 Å². The molecule has 2 aromatic rings. The van der Waals surface area contributed by atoms with Crippen LogP contribution in [0.3, 0.4) is 0 Å². The van der Waals surface area contributed by atoms with Gasteiger partial charge in [-0.2, -0.15) is 0 Å². The Morgan fingerprint density at radius 1 is 0.900 bits per heavy atom. The standard InChI is InChI=1S/C18H20O2/c1-2-6-16(7-3-1)17-11-9-15(10-12-17)14-20-18-8-4-5-13-19-18/h1-3,6-7,9-12,18H,4-5,8,13-14H2. The molecule has 1 saturated heterocycles. The lowest BCUT2D eigenvalue weighted by Gasteiger charge is -2.22. The van der Waals surface area contributed by atoms with Crippen molar-refractivity contribution in [2.45, 2.75) is 32.2 Å². The smallest absolute Gasteiger partial charge is 0.158 e. The van der Waals surface area contributed by atoms with Gasteiger partial charge in [0, 0.05) is 6.61 Å². The predicted octanol–water partition coefficient (Wildman–Crippen LogP) is 4.40. The first-order valence-corrected chi connectivity index (χ1v) is 7.29. The van der Waals surface area contributed by atoms with E-state index in [1.54, 1.807) is 0 Å². The lowest BCUT2D eigenvalue weighted by atomic mass is 10.0. The van der Waals surface area contributed by atoms with Gasteiger partial charge in [0.1, 0.15) is 0 Å². The highest BCUT2D eigenvalue weighted by atomic mass is 16.7. The monoisotopic (exact) mass is 268 g/mol. The van der Waals surface area contributed by atoms with E-state index in [-0.39, 0.29) is 6.29 Å². The van der Waals surface area contributed by atoms with E-state index in [4.69, 9.17) is 9.47 Å². The van der Waals surface area contributed by atoms with Crippen LogP contribution in [0, 0.1) is 0 Å². The molecule has 1 unspecified atom stereocenters. The van der Waals surface area contributed by atoms with Crippen LogP contribution in [-0.4, -0.2) is 12.9 Å². The number of hydrogen-bond donors (Lipinski definition) is 0. The van der Waals surface area contributed by atoms with Gasteiger partial charge in [-0.3, -0.25) is 0 Å². The summed E-state index contributed by atoms with van der Waals surface area (Å²) < 4.78 is 11.4. The Hall–Kier alpha value is -1.64. The Balaban J connectivity index is 1.58. The van der Waals surface area contributed by atoms with Crippen LogP contribution in [0.4, 0.5) is 0 Å². The largest absolute Gasteiger partial charge is 0.353 e. The van der Waals surface area contributed by atoms with E-state index < -0.39 is 0 Å². The predicted molar refractivity (Wildman–Crippen MR) is 80.3 cm³/mol. The molecule has 0 bridgehead atoms. The molecule has 20 heavy (non-hydrogen) atoms. The van der Waals surface area contributed by atoms with Crippen LogP contribution in [0.5, 0.6) is 0 Å². The minimum absolute atomic E-state index is 0.0162. The Morgan fingerprint density at radius 3 is 2.35 bits per heavy atom. The third kappa shape index (κ3) is 3.47. The van der Waals surface area contributed by atoms with Crippen LogP contribution in [-0.2, 0) is 16.1 Å². The summed E-state index contributed by atoms with van der Waals surface area (Å²) in [5.74, 6) is 0. The third-order valence-corrected chi connectivity index (χ3v) is 3.63. The molecule has 1 atom stereocenters. The van der Waals surface area contributed by atoms with Gasteiger partial charge in [-0.1, -0.05) is 54.6 Å². The molecule has 1 aliphatic heterocycles. The molecule has 1 aliphatic rings. The van der Waals surface area contributed by atoms with Crippen LogP contribution in [0.2, 0.25) is 0 Å². The van der Waals surface area contributed by atoms with E-state index in [0.29, 0.717) is 6.61 Å². The maximum absolute atomic E-state index is 5.79. The Morgan fingerprint density at radius 2 is 1.65 bits per heavy atom. The van der Waals surface area contributed by atoms with Crippen molar-refractivity contribution in [3.8, 4) is 11.1 Å². The molecule has 0 spiro atoms. The molecule has 2 aromatic carbocycles. The average molecular weight is 268 g/mol. The highest BCUT2D eigenvalue weighted by molar-refractivity contribution is 5.63. The van der Waals surface area contributed by atoms with Crippen LogP contribution in [0.25, 0.3) is 11.1 Å². The molecule has 2 heteroatoms. The molecular formula is C18H20O2. The van der Waals surface area contributed by atoms with Crippen LogP contribution < -0.4 is 0 Å². The first-order chi connectivity index (χ1) is 9.92. The summed E-state index contributed by atoms with van der Waals surface area (Å²) in [4.78, 5) is 0. The zero-order valence-corrected chi connectivity index (χ0v) is 11.6. The molecule has 2 nitrogen and oxygen atoms in total. The number of hydrogen-bond acceptors (Lipinski definition) is 2. The quantitative estimate of drug-likeness (QED) is 0.818. The second-order valence-corrected chi connectivity index (χ2v) is 5.17. The highest BCUT2D eigenvalue weighted by Crippen LogP contribution is 2.20. The lowest BCUT2D eigenvalue weighted by Crippen LogP contribution is -2.21. The Kier molecular flexibility index (Phi) is 4.46. The van der Waals surface area contributed by atoms with E-state index >= 15 is 0 Å². The van der Waals surface area contributed by atoms with Crippen molar-refractivity contribution in [2.75, 3.05) is 6.61 Å². The maximum Gasteiger partial charge on any atom is 0.158 e. The summed E-state index contributed by atoms with van der Waals surface area (Å²) in [5.41, 5.74) is 3.68. The molecule has 104 valence electrons. The van der Waals surface area contributed by atoms with Crippen LogP contribution in [0.15, 0.2) is 54.6 Å². The van der Waals surface area contributed by atoms with Gasteiger partial charge < -0.3 is 9.47 Å². The Labute approximate surface area is 120 Å². The van der Waals surface area contributed by atoms with Gasteiger partial charge in [0.15, 0.2) is 6.29 Å². The van der Waals surface area contributed by atoms with E-state index in [0.717, 1.165) is 19.4 Å². The third-order valence-electron chi connectivity index (χ3n) is 3.63. The minimum Gasteiger partial charge on any atom is -0.353 e. The zero-order valence-electron chi connectivity index (χ0n) is 11.6. The maximum atomic E-state index is 5.79. The fourth-order valence-corrected chi connectivity index (χ4v) is 2.46. The van der Waals surface area contributed by atoms with Crippen LogP contribution in [0.1, 0.15) is 24.8 Å². The van der Waals surface area contributed by atoms with Gasteiger partial charge in [-0.15, -0.1) is 0 Å². The Bertz CT molecular complexity index is 513. The second-order valence-electron chi connectivity index (χ2n) is 5.17. The summed E-state index contributed by atoms with van der Waals surface area (Å²) in [6.07, 6.45) is 3.36. The number of rotatable bonds is 4. The number of benzene rings is 2. The molecule has 0 saturated carbocycles. The van der Waals surface area contributed by atoms with Gasteiger partial charge in [0.2, 0.25) is 0 Å². The lowest BCUT2D eigenvalue weighted by molar-refractivity contribution is -0.168. The van der Waals surface area contributed by atoms with Crippen molar-refractivity contribution in [1.82, 2.24) is 0 Å². The van der Waals surface area contributed by atoms with E-state index in [1.807, 2.05) is 6.07 Å². The molecule has 0 amide bonds. The summed E-state index contributed by atoms with van der Waals surface area (Å²) in [5, 5.41) is 0. The van der Waals surface area contributed by atoms with Crippen molar-refractivity contribution in [3.63, 3.8) is 0 Å². The highest BCUT2D eigenvalue weighted by Gasteiger charge is 2.13. The van der Waals surface area contributed by atoms with Gasteiger partial charge in [-0.05, 0) is 36.0 Å². The first kappa shape index (κ1) is 13.3. The van der Waals surface area contributed by atoms with E-state index in [1.165, 1.54) is 23.1 Å². The van der Waals surface area contributed by atoms with Gasteiger partial charge in [-0.25, -0.2) is 0 Å². The van der Waals surface area contributed by atoms with Crippen molar-refractivity contribution < 1.29 is 9.47 Å². The van der Waals surface area contributed by atoms with Gasteiger partial charge in [0.05, 0.1) is 6.61 Å². The van der Waals surface area contributed by atoms with Crippen molar-refractivity contribution >= 4 is 0 Å². The molecule has 0 N–H and O–H groups in total. The molecule has 0 aliphatic carbocycles. The second kappa shape index (κ2) is 6.69. The summed E-state index contributed by atoms with van der Waals surface area (Å²) in [7, 11) is 0. The fourth-order valence-electron chi connectivity index (χ4n) is 2.46. The molecule has 0 aromatic heterocycles. The van der Waals surface area contributed by atoms with E-state index in [9.17, 15) is 0 Å². The van der Waals surface area contributed by atoms with Crippen molar-refractivity contribution in [2.24, 2.45) is 0 Å². The number of ether oxygens (including phenoxy) is 2. The van der Waals surface area contributed by atoms with E-state index in [2.05, 4.69) is 48.5 Å². The first-order valence-electron chi connectivity index (χ1n) is 7.29. The summed E-state index contributed by atoms with van der Waals surface area (Å²) >= 11 is 0. The zero-order chi connectivity index (χ0) is 13.6. The SMILES string of the molecule is c1ccc(-c2ccc(COC3CCCCO3)cc2)cc1. The van der Waals surface area contributed by atoms with Crippen molar-refractivity contribution in [1.29, 1.82) is 0 Å². The fraction of sp³-hybridized carbons (Fsp3) is 0.333. The normalized spacial score (nSPS) is 18.9. The summed E-state index contributed by atoms with van der Waals surface area (Å²) in [6.45, 7) is 1.46. The van der Waals surface area contributed by atoms with Gasteiger partial charge in [0.25, 0.3) is 0 Å². The van der Waals surface area contributed by atoms with Crippen molar-refractivity contribution in [3.05, 3.63) is 60.2 Å². The molecule has 1 fully saturated rings.